The van der Waals surface area contributed by atoms with Crippen LogP contribution in [0.15, 0.2) is 0 Å². The zero-order valence-corrected chi connectivity index (χ0v) is 11.3. The first-order chi connectivity index (χ1) is 7.63. The van der Waals surface area contributed by atoms with Crippen LogP contribution in [0, 0.1) is 11.3 Å². The fraction of sp³-hybridized carbons (Fsp3) is 0.833. The topological polar surface area (TPSA) is 78.4 Å². The molecule has 1 atom stereocenters. The first kappa shape index (κ1) is 15.7. The quantitative estimate of drug-likeness (QED) is 0.690. The molecular formula is C12H24N2O3. The lowest BCUT2D eigenvalue weighted by Crippen LogP contribution is -2.49. The van der Waals surface area contributed by atoms with Gasteiger partial charge in [-0.25, -0.2) is 9.59 Å². The van der Waals surface area contributed by atoms with E-state index in [0.717, 1.165) is 6.42 Å². The van der Waals surface area contributed by atoms with E-state index in [2.05, 4.69) is 31.4 Å². The summed E-state index contributed by atoms with van der Waals surface area (Å²) in [6.45, 7) is 10.3. The Kier molecular flexibility index (Phi) is 5.99. The third-order valence-corrected chi connectivity index (χ3v) is 2.38. The summed E-state index contributed by atoms with van der Waals surface area (Å²) in [6, 6.07) is -1.26. The van der Waals surface area contributed by atoms with Crippen molar-refractivity contribution in [2.75, 3.05) is 6.54 Å². The lowest BCUT2D eigenvalue weighted by atomic mass is 9.92. The van der Waals surface area contributed by atoms with Crippen molar-refractivity contribution < 1.29 is 14.7 Å². The van der Waals surface area contributed by atoms with E-state index < -0.39 is 18.0 Å². The molecule has 0 aliphatic rings. The normalized spacial score (nSPS) is 13.3. The van der Waals surface area contributed by atoms with Crippen LogP contribution < -0.4 is 10.6 Å². The third-order valence-electron chi connectivity index (χ3n) is 2.38. The molecule has 0 aliphatic heterocycles. The molecule has 5 heteroatoms. The van der Waals surface area contributed by atoms with E-state index in [-0.39, 0.29) is 11.3 Å². The molecule has 0 radical (unpaired) electrons. The van der Waals surface area contributed by atoms with Gasteiger partial charge in [-0.15, -0.1) is 0 Å². The molecule has 0 unspecified atom stereocenters. The number of rotatable bonds is 5. The first-order valence-corrected chi connectivity index (χ1v) is 5.90. The number of amides is 2. The van der Waals surface area contributed by atoms with E-state index in [4.69, 9.17) is 5.11 Å². The largest absolute Gasteiger partial charge is 0.480 e. The summed E-state index contributed by atoms with van der Waals surface area (Å²) in [5.41, 5.74) is 0.150. The number of carboxylic acids is 1. The standard InChI is InChI=1S/C12H24N2O3/c1-8(2)9(10(15)16)14-11(17)13-7-6-12(3,4)5/h8-9H,6-7H2,1-5H3,(H,15,16)(H2,13,14,17)/t9-/m1/s1. The highest BCUT2D eigenvalue weighted by atomic mass is 16.4. The van der Waals surface area contributed by atoms with E-state index in [9.17, 15) is 9.59 Å². The lowest BCUT2D eigenvalue weighted by molar-refractivity contribution is -0.140. The molecule has 0 aromatic carbocycles. The number of aliphatic carboxylic acids is 1. The predicted molar refractivity (Wildman–Crippen MR) is 66.9 cm³/mol. The van der Waals surface area contributed by atoms with Crippen molar-refractivity contribution in [1.82, 2.24) is 10.6 Å². The van der Waals surface area contributed by atoms with Crippen LogP contribution in [0.2, 0.25) is 0 Å². The minimum Gasteiger partial charge on any atom is -0.480 e. The highest BCUT2D eigenvalue weighted by molar-refractivity contribution is 5.82. The van der Waals surface area contributed by atoms with Gasteiger partial charge in [0.25, 0.3) is 0 Å². The Morgan fingerprint density at radius 1 is 1.24 bits per heavy atom. The lowest BCUT2D eigenvalue weighted by Gasteiger charge is -2.20. The maximum absolute atomic E-state index is 11.5. The summed E-state index contributed by atoms with van der Waals surface area (Å²) in [5.74, 6) is -1.15. The second kappa shape index (κ2) is 6.47. The molecule has 0 aromatic heterocycles. The summed E-state index contributed by atoms with van der Waals surface area (Å²) in [5, 5.41) is 14.0. The molecule has 2 amide bonds. The molecular weight excluding hydrogens is 220 g/mol. The predicted octanol–water partition coefficient (Wildman–Crippen LogP) is 1.83. The average Bonchev–Trinajstić information content (AvgIpc) is 2.10. The van der Waals surface area contributed by atoms with Gasteiger partial charge in [-0.3, -0.25) is 0 Å². The number of carbonyl (C=O) groups is 2. The van der Waals surface area contributed by atoms with E-state index in [1.165, 1.54) is 0 Å². The van der Waals surface area contributed by atoms with E-state index in [1.807, 2.05) is 0 Å². The Bertz CT molecular complexity index is 269. The fourth-order valence-corrected chi connectivity index (χ4v) is 1.26. The van der Waals surface area contributed by atoms with Crippen molar-refractivity contribution >= 4 is 12.0 Å². The fourth-order valence-electron chi connectivity index (χ4n) is 1.26. The van der Waals surface area contributed by atoms with Gasteiger partial charge in [0.2, 0.25) is 0 Å². The van der Waals surface area contributed by atoms with Crippen molar-refractivity contribution in [2.24, 2.45) is 11.3 Å². The minimum absolute atomic E-state index is 0.138. The zero-order valence-electron chi connectivity index (χ0n) is 11.3. The molecule has 0 spiro atoms. The maximum Gasteiger partial charge on any atom is 0.326 e. The molecule has 0 fully saturated rings. The Hall–Kier alpha value is -1.26. The van der Waals surface area contributed by atoms with Gasteiger partial charge in [-0.1, -0.05) is 34.6 Å². The SMILES string of the molecule is CC(C)[C@@H](NC(=O)NCCC(C)(C)C)C(=O)O. The van der Waals surface area contributed by atoms with Crippen LogP contribution in [0.1, 0.15) is 41.0 Å². The highest BCUT2D eigenvalue weighted by Gasteiger charge is 2.23. The van der Waals surface area contributed by atoms with Gasteiger partial charge in [0, 0.05) is 6.54 Å². The Balaban J connectivity index is 4.04. The van der Waals surface area contributed by atoms with Gasteiger partial charge in [-0.2, -0.15) is 0 Å². The molecule has 0 bridgehead atoms. The average molecular weight is 244 g/mol. The summed E-state index contributed by atoms with van der Waals surface area (Å²) in [7, 11) is 0. The highest BCUT2D eigenvalue weighted by Crippen LogP contribution is 2.16. The van der Waals surface area contributed by atoms with Crippen LogP contribution >= 0.6 is 0 Å². The molecule has 17 heavy (non-hydrogen) atoms. The van der Waals surface area contributed by atoms with Crippen molar-refractivity contribution in [3.05, 3.63) is 0 Å². The first-order valence-electron chi connectivity index (χ1n) is 5.90. The van der Waals surface area contributed by atoms with Crippen LogP contribution in [0.5, 0.6) is 0 Å². The molecule has 0 saturated carbocycles. The zero-order chi connectivity index (χ0) is 13.6. The second-order valence-electron chi connectivity index (χ2n) is 5.77. The number of hydrogen-bond donors (Lipinski definition) is 3. The monoisotopic (exact) mass is 244 g/mol. The number of carbonyl (C=O) groups excluding carboxylic acids is 1. The van der Waals surface area contributed by atoms with Crippen LogP contribution in [0.4, 0.5) is 4.79 Å². The number of nitrogens with one attached hydrogen (secondary N) is 2. The Morgan fingerprint density at radius 3 is 2.12 bits per heavy atom. The molecule has 0 aliphatic carbocycles. The van der Waals surface area contributed by atoms with Gasteiger partial charge in [0.05, 0.1) is 0 Å². The van der Waals surface area contributed by atoms with E-state index >= 15 is 0 Å². The number of hydrogen-bond acceptors (Lipinski definition) is 2. The summed E-state index contributed by atoms with van der Waals surface area (Å²) < 4.78 is 0. The van der Waals surface area contributed by atoms with Crippen LogP contribution in [0.3, 0.4) is 0 Å². The molecule has 5 nitrogen and oxygen atoms in total. The van der Waals surface area contributed by atoms with Crippen LogP contribution in [-0.2, 0) is 4.79 Å². The van der Waals surface area contributed by atoms with Crippen molar-refractivity contribution in [1.29, 1.82) is 0 Å². The maximum atomic E-state index is 11.5. The van der Waals surface area contributed by atoms with E-state index in [0.29, 0.717) is 6.54 Å². The van der Waals surface area contributed by atoms with Crippen LogP contribution in [-0.4, -0.2) is 29.7 Å². The second-order valence-corrected chi connectivity index (χ2v) is 5.77. The molecule has 0 rings (SSSR count). The summed E-state index contributed by atoms with van der Waals surface area (Å²) in [6.07, 6.45) is 0.847. The minimum atomic E-state index is -1.01. The molecule has 0 aromatic rings. The van der Waals surface area contributed by atoms with Gasteiger partial charge >= 0.3 is 12.0 Å². The third kappa shape index (κ3) is 7.60. The number of urea groups is 1. The summed E-state index contributed by atoms with van der Waals surface area (Å²) >= 11 is 0. The molecule has 0 heterocycles. The van der Waals surface area contributed by atoms with Crippen molar-refractivity contribution in [3.63, 3.8) is 0 Å². The van der Waals surface area contributed by atoms with Crippen molar-refractivity contribution in [3.8, 4) is 0 Å². The van der Waals surface area contributed by atoms with Gasteiger partial charge in [0.1, 0.15) is 6.04 Å². The Labute approximate surface area is 103 Å². The molecule has 0 saturated heterocycles. The Morgan fingerprint density at radius 2 is 1.76 bits per heavy atom. The van der Waals surface area contributed by atoms with Gasteiger partial charge in [-0.05, 0) is 17.8 Å². The van der Waals surface area contributed by atoms with Gasteiger partial charge < -0.3 is 15.7 Å². The molecule has 3 N–H and O–H groups in total. The van der Waals surface area contributed by atoms with Gasteiger partial charge in [0.15, 0.2) is 0 Å². The number of carboxylic acid groups (broad SMARTS) is 1. The summed E-state index contributed by atoms with van der Waals surface area (Å²) in [4.78, 5) is 22.3. The molecule has 100 valence electrons. The van der Waals surface area contributed by atoms with Crippen LogP contribution in [0.25, 0.3) is 0 Å². The smallest absolute Gasteiger partial charge is 0.326 e. The van der Waals surface area contributed by atoms with Crippen molar-refractivity contribution in [2.45, 2.75) is 47.1 Å². The van der Waals surface area contributed by atoms with E-state index in [1.54, 1.807) is 13.8 Å².